The average molecular weight is 385 g/mol. The van der Waals surface area contributed by atoms with Crippen molar-refractivity contribution >= 4 is 11.6 Å². The monoisotopic (exact) mass is 383 g/mol. The zero-order valence-corrected chi connectivity index (χ0v) is 17.2. The summed E-state index contributed by atoms with van der Waals surface area (Å²) in [6, 6.07) is 0. The Labute approximate surface area is 150 Å². The highest BCUT2D eigenvalue weighted by Crippen LogP contribution is 2.17. The van der Waals surface area contributed by atoms with Crippen LogP contribution in [0.25, 0.3) is 0 Å². The van der Waals surface area contributed by atoms with Crippen molar-refractivity contribution in [2.45, 2.75) is 85.0 Å². The van der Waals surface area contributed by atoms with E-state index in [1.54, 1.807) is 0 Å². The van der Waals surface area contributed by atoms with E-state index in [1.165, 1.54) is 94.9 Å². The molecular weight excluding hydrogens is 346 g/mol. The molecule has 0 aliphatic heterocycles. The third-order valence-corrected chi connectivity index (χ3v) is 4.74. The van der Waals surface area contributed by atoms with Crippen molar-refractivity contribution in [3.63, 3.8) is 0 Å². The van der Waals surface area contributed by atoms with Crippen LogP contribution in [0.2, 0.25) is 0 Å². The second-order valence-corrected chi connectivity index (χ2v) is 6.78. The predicted octanol–water partition coefficient (Wildman–Crippen LogP) is 3.01. The highest BCUT2D eigenvalue weighted by atomic mass is 79.9. The first kappa shape index (κ1) is 24.0. The lowest BCUT2D eigenvalue weighted by molar-refractivity contribution is -0.928. The maximum Gasteiger partial charge on any atom is 0.0798 e. The van der Waals surface area contributed by atoms with Crippen LogP contribution in [-0.2, 0) is 0 Å². The van der Waals surface area contributed by atoms with Crippen LogP contribution in [0, 0.1) is 0 Å². The lowest BCUT2D eigenvalue weighted by Gasteiger charge is -2.39. The summed E-state index contributed by atoms with van der Waals surface area (Å²) in [7, 11) is 0. The molecule has 0 aromatic heterocycles. The summed E-state index contributed by atoms with van der Waals surface area (Å²) < 4.78 is 1.35. The molecule has 0 aromatic rings. The first-order valence-electron chi connectivity index (χ1n) is 9.15. The Morgan fingerprint density at radius 1 is 0.571 bits per heavy atom. The third kappa shape index (κ3) is 12.9. The molecule has 0 saturated carbocycles. The van der Waals surface area contributed by atoms with Crippen LogP contribution in [0.4, 0.5) is 0 Å². The van der Waals surface area contributed by atoms with Crippen LogP contribution in [0.15, 0.2) is 0 Å². The van der Waals surface area contributed by atoms with Crippen molar-refractivity contribution in [1.29, 1.82) is 0 Å². The fraction of sp³-hybridized carbons (Fsp3) is 1.00. The summed E-state index contributed by atoms with van der Waals surface area (Å²) in [5.74, 6) is 0.829. The fourth-order valence-corrected chi connectivity index (χ4v) is 3.28. The Hall–Kier alpha value is 0.730. The maximum absolute atomic E-state index is 5.98. The lowest BCUT2D eigenvalue weighted by Crippen LogP contribution is -3.00. The second-order valence-electron chi connectivity index (χ2n) is 6.40. The van der Waals surface area contributed by atoms with Crippen LogP contribution in [0.1, 0.15) is 85.0 Å². The van der Waals surface area contributed by atoms with E-state index in [1.807, 2.05) is 0 Å². The van der Waals surface area contributed by atoms with E-state index in [4.69, 9.17) is 11.6 Å². The van der Waals surface area contributed by atoms with Crippen molar-refractivity contribution in [3.05, 3.63) is 0 Å². The molecule has 0 spiro atoms. The highest BCUT2D eigenvalue weighted by Gasteiger charge is 2.25. The first-order chi connectivity index (χ1) is 9.74. The Bertz CT molecular complexity index is 173. The second kappa shape index (κ2) is 17.1. The van der Waals surface area contributed by atoms with Gasteiger partial charge in [0.15, 0.2) is 0 Å². The number of hydrogen-bond acceptors (Lipinski definition) is 0. The van der Waals surface area contributed by atoms with Crippen LogP contribution in [0.3, 0.4) is 0 Å². The number of halogens is 2. The van der Waals surface area contributed by atoms with E-state index < -0.39 is 0 Å². The van der Waals surface area contributed by atoms with Crippen LogP contribution in [-0.4, -0.2) is 36.5 Å². The molecule has 0 unspecified atom stereocenters. The van der Waals surface area contributed by atoms with Gasteiger partial charge in [-0.05, 0) is 38.5 Å². The van der Waals surface area contributed by atoms with E-state index in [2.05, 4.69) is 20.8 Å². The standard InChI is InChI=1S/C18H39ClN.BrH/c1-4-7-10-15-20(18-13-14-19,16-11-8-5-2)17-12-9-6-3;/h4-18H2,1-3H3;1H/q+1;/p-1. The van der Waals surface area contributed by atoms with Gasteiger partial charge in [-0.3, -0.25) is 0 Å². The van der Waals surface area contributed by atoms with Crippen LogP contribution >= 0.6 is 11.6 Å². The first-order valence-corrected chi connectivity index (χ1v) is 9.69. The molecule has 3 heteroatoms. The molecule has 0 fully saturated rings. The smallest absolute Gasteiger partial charge is 0.0798 e. The van der Waals surface area contributed by atoms with Gasteiger partial charge < -0.3 is 21.5 Å². The van der Waals surface area contributed by atoms with Gasteiger partial charge in [0.05, 0.1) is 26.2 Å². The molecule has 1 nitrogen and oxygen atoms in total. The summed E-state index contributed by atoms with van der Waals surface area (Å²) in [4.78, 5) is 0. The van der Waals surface area contributed by atoms with Crippen molar-refractivity contribution < 1.29 is 21.5 Å². The molecule has 0 radical (unpaired) electrons. The minimum Gasteiger partial charge on any atom is -1.00 e. The Morgan fingerprint density at radius 2 is 0.905 bits per heavy atom. The molecule has 0 atom stereocenters. The molecule has 21 heavy (non-hydrogen) atoms. The van der Waals surface area contributed by atoms with Gasteiger partial charge in [0.2, 0.25) is 0 Å². The minimum absolute atomic E-state index is 0. The zero-order chi connectivity index (χ0) is 15.1. The summed E-state index contributed by atoms with van der Waals surface area (Å²) in [5, 5.41) is 0. The van der Waals surface area contributed by atoms with Crippen molar-refractivity contribution in [1.82, 2.24) is 0 Å². The molecule has 130 valence electrons. The lowest BCUT2D eigenvalue weighted by atomic mass is 10.1. The van der Waals surface area contributed by atoms with Gasteiger partial charge in [-0.1, -0.05) is 40.0 Å². The summed E-state index contributed by atoms with van der Waals surface area (Å²) in [5.41, 5.74) is 0. The maximum atomic E-state index is 5.98. The molecule has 0 aliphatic carbocycles. The minimum atomic E-state index is 0. The molecule has 0 saturated heterocycles. The molecule has 0 rings (SSSR count). The molecule has 0 aromatic carbocycles. The Kier molecular flexibility index (Phi) is 19.5. The number of nitrogens with zero attached hydrogens (tertiary/aromatic N) is 1. The number of alkyl halides is 1. The summed E-state index contributed by atoms with van der Waals surface area (Å²) in [6.07, 6.45) is 13.6. The molecule has 0 heterocycles. The quantitative estimate of drug-likeness (QED) is 0.231. The van der Waals surface area contributed by atoms with Gasteiger partial charge >= 0.3 is 0 Å². The number of hydrogen-bond donors (Lipinski definition) is 0. The summed E-state index contributed by atoms with van der Waals surface area (Å²) >= 11 is 5.98. The van der Waals surface area contributed by atoms with E-state index in [-0.39, 0.29) is 17.0 Å². The van der Waals surface area contributed by atoms with Gasteiger partial charge in [-0.2, -0.15) is 0 Å². The normalized spacial score (nSPS) is 11.4. The molecule has 0 amide bonds. The average Bonchev–Trinajstić information content (AvgIpc) is 2.46. The van der Waals surface area contributed by atoms with Gasteiger partial charge in [-0.15, -0.1) is 11.6 Å². The van der Waals surface area contributed by atoms with Crippen molar-refractivity contribution in [2.24, 2.45) is 0 Å². The largest absolute Gasteiger partial charge is 1.00 e. The van der Waals surface area contributed by atoms with E-state index >= 15 is 0 Å². The molecule has 0 aliphatic rings. The zero-order valence-electron chi connectivity index (χ0n) is 14.8. The Morgan fingerprint density at radius 3 is 1.19 bits per heavy atom. The highest BCUT2D eigenvalue weighted by molar-refractivity contribution is 6.17. The number of quaternary nitrogens is 1. The van der Waals surface area contributed by atoms with Gasteiger partial charge in [-0.25, -0.2) is 0 Å². The third-order valence-electron chi connectivity index (χ3n) is 4.47. The topological polar surface area (TPSA) is 0 Å². The van der Waals surface area contributed by atoms with Crippen LogP contribution in [0.5, 0.6) is 0 Å². The van der Waals surface area contributed by atoms with E-state index in [0.717, 1.165) is 5.88 Å². The van der Waals surface area contributed by atoms with Crippen molar-refractivity contribution in [3.8, 4) is 0 Å². The summed E-state index contributed by atoms with van der Waals surface area (Å²) in [6.45, 7) is 12.4. The Balaban J connectivity index is 0. The fourth-order valence-electron chi connectivity index (χ4n) is 3.16. The predicted molar refractivity (Wildman–Crippen MR) is 93.6 cm³/mol. The van der Waals surface area contributed by atoms with Gasteiger partial charge in [0.1, 0.15) is 0 Å². The van der Waals surface area contributed by atoms with E-state index in [9.17, 15) is 0 Å². The van der Waals surface area contributed by atoms with Crippen LogP contribution < -0.4 is 17.0 Å². The van der Waals surface area contributed by atoms with Gasteiger partial charge in [0, 0.05) is 12.3 Å². The molecule has 0 bridgehead atoms. The molecular formula is C18H39BrClN. The SMILES string of the molecule is CCCCC[N+](CCCCl)(CCCCC)CCCCC.[Br-]. The number of unbranched alkanes of at least 4 members (excludes halogenated alkanes) is 6. The van der Waals surface area contributed by atoms with Crippen molar-refractivity contribution in [2.75, 3.05) is 32.1 Å². The molecule has 0 N–H and O–H groups in total. The number of rotatable bonds is 15. The van der Waals surface area contributed by atoms with E-state index in [0.29, 0.717) is 0 Å². The van der Waals surface area contributed by atoms with Gasteiger partial charge in [0.25, 0.3) is 0 Å².